The zero-order chi connectivity index (χ0) is 22.2. The number of ketones is 1. The molecular formula is C23H19NO5S2. The van der Waals surface area contributed by atoms with Gasteiger partial charge in [0, 0.05) is 5.92 Å². The van der Waals surface area contributed by atoms with Gasteiger partial charge in [-0.2, -0.15) is 12.8 Å². The van der Waals surface area contributed by atoms with Gasteiger partial charge in [-0.05, 0) is 37.3 Å². The summed E-state index contributed by atoms with van der Waals surface area (Å²) in [5.74, 6) is -2.08. The van der Waals surface area contributed by atoms with Crippen LogP contribution >= 0.6 is 0 Å². The van der Waals surface area contributed by atoms with E-state index in [1.807, 2.05) is 6.92 Å². The van der Waals surface area contributed by atoms with E-state index in [1.54, 1.807) is 54.6 Å². The van der Waals surface area contributed by atoms with E-state index < -0.39 is 42.4 Å². The van der Waals surface area contributed by atoms with Crippen molar-refractivity contribution in [2.45, 2.75) is 16.7 Å². The summed E-state index contributed by atoms with van der Waals surface area (Å²) in [6.45, 7) is 1.84. The third-order valence-corrected chi connectivity index (χ3v) is 8.30. The van der Waals surface area contributed by atoms with Crippen LogP contribution in [0.3, 0.4) is 0 Å². The van der Waals surface area contributed by atoms with Crippen molar-refractivity contribution in [2.24, 2.45) is 16.2 Å². The standard InChI is InChI=1S/C23H19NO5S2/c1-16-11-13-18(14-12-16)31(28,29)24-21-15-22(23(25)20-10-6-5-9-19(20)21)30(26,27)17-7-3-2-4-8-17/h2-15,19-20H,1H3/b24-21-. The number of nitrogens with zero attached hydrogens (tertiary/aromatic N) is 1. The number of Topliss-reactive ketones (excluding diaryl/α,β-unsaturated/α-hetero) is 1. The Hall–Kier alpha value is -3.10. The average molecular weight is 454 g/mol. The molecule has 31 heavy (non-hydrogen) atoms. The monoisotopic (exact) mass is 453 g/mol. The van der Waals surface area contributed by atoms with Gasteiger partial charge in [0.15, 0.2) is 5.78 Å². The Labute approximate surface area is 181 Å². The summed E-state index contributed by atoms with van der Waals surface area (Å²) in [5.41, 5.74) is 0.909. The highest BCUT2D eigenvalue weighted by Crippen LogP contribution is 2.35. The van der Waals surface area contributed by atoms with Crippen molar-refractivity contribution in [3.8, 4) is 0 Å². The van der Waals surface area contributed by atoms with Crippen molar-refractivity contribution >= 4 is 31.4 Å². The lowest BCUT2D eigenvalue weighted by Crippen LogP contribution is -2.36. The molecule has 0 saturated carbocycles. The summed E-state index contributed by atoms with van der Waals surface area (Å²) >= 11 is 0. The second kappa shape index (κ2) is 7.86. The maximum Gasteiger partial charge on any atom is 0.282 e. The second-order valence-corrected chi connectivity index (χ2v) is 10.8. The third kappa shape index (κ3) is 3.96. The number of carbonyl (C=O) groups is 1. The topological polar surface area (TPSA) is 97.7 Å². The number of sulfonamides is 1. The van der Waals surface area contributed by atoms with Crippen LogP contribution < -0.4 is 0 Å². The highest BCUT2D eigenvalue weighted by molar-refractivity contribution is 7.96. The molecule has 2 aliphatic carbocycles. The van der Waals surface area contributed by atoms with Crippen molar-refractivity contribution in [1.82, 2.24) is 0 Å². The summed E-state index contributed by atoms with van der Waals surface area (Å²) in [5, 5.41) is 0. The fourth-order valence-corrected chi connectivity index (χ4v) is 6.02. The molecular weight excluding hydrogens is 434 g/mol. The summed E-state index contributed by atoms with van der Waals surface area (Å²) in [7, 11) is -8.24. The number of hydrogen-bond donors (Lipinski definition) is 0. The predicted octanol–water partition coefficient (Wildman–Crippen LogP) is 3.42. The molecule has 0 amide bonds. The second-order valence-electron chi connectivity index (χ2n) is 7.31. The molecule has 8 heteroatoms. The lowest BCUT2D eigenvalue weighted by Gasteiger charge is -2.28. The number of aryl methyl sites for hydroxylation is 1. The van der Waals surface area contributed by atoms with Gasteiger partial charge in [0.1, 0.15) is 4.91 Å². The summed E-state index contributed by atoms with van der Waals surface area (Å²) in [6.07, 6.45) is 7.67. The van der Waals surface area contributed by atoms with Gasteiger partial charge < -0.3 is 0 Å². The van der Waals surface area contributed by atoms with Gasteiger partial charge in [0.2, 0.25) is 9.84 Å². The van der Waals surface area contributed by atoms with Crippen LogP contribution in [0.5, 0.6) is 0 Å². The first-order valence-corrected chi connectivity index (χ1v) is 12.4. The van der Waals surface area contributed by atoms with E-state index in [-0.39, 0.29) is 15.5 Å². The Balaban J connectivity index is 1.88. The first-order chi connectivity index (χ1) is 14.7. The van der Waals surface area contributed by atoms with Crippen molar-refractivity contribution in [1.29, 1.82) is 0 Å². The first kappa shape index (κ1) is 21.1. The van der Waals surface area contributed by atoms with Crippen molar-refractivity contribution in [3.05, 3.63) is 95.4 Å². The zero-order valence-corrected chi connectivity index (χ0v) is 18.2. The largest absolute Gasteiger partial charge is 0.293 e. The van der Waals surface area contributed by atoms with Gasteiger partial charge in [-0.25, -0.2) is 8.42 Å². The Kier molecular flexibility index (Phi) is 5.36. The van der Waals surface area contributed by atoms with E-state index >= 15 is 0 Å². The maximum absolute atomic E-state index is 13.2. The number of sulfone groups is 1. The lowest BCUT2D eigenvalue weighted by molar-refractivity contribution is -0.117. The molecule has 0 fully saturated rings. The van der Waals surface area contributed by atoms with E-state index in [1.165, 1.54) is 24.3 Å². The van der Waals surface area contributed by atoms with Crippen LogP contribution in [-0.4, -0.2) is 28.3 Å². The van der Waals surface area contributed by atoms with Gasteiger partial charge in [0.05, 0.1) is 21.4 Å². The number of benzene rings is 2. The number of rotatable bonds is 4. The van der Waals surface area contributed by atoms with Gasteiger partial charge in [-0.1, -0.05) is 60.2 Å². The minimum Gasteiger partial charge on any atom is -0.293 e. The van der Waals surface area contributed by atoms with E-state index in [0.29, 0.717) is 0 Å². The normalized spacial score (nSPS) is 22.3. The smallest absolute Gasteiger partial charge is 0.282 e. The van der Waals surface area contributed by atoms with Crippen LogP contribution in [-0.2, 0) is 24.7 Å². The molecule has 0 N–H and O–H groups in total. The van der Waals surface area contributed by atoms with Crippen LogP contribution in [0, 0.1) is 18.8 Å². The molecule has 2 aromatic rings. The highest BCUT2D eigenvalue weighted by atomic mass is 32.2. The fourth-order valence-electron chi connectivity index (χ4n) is 3.53. The molecule has 2 atom stereocenters. The van der Waals surface area contributed by atoms with E-state index in [2.05, 4.69) is 4.40 Å². The van der Waals surface area contributed by atoms with Crippen molar-refractivity contribution < 1.29 is 21.6 Å². The minimum atomic E-state index is -4.14. The molecule has 0 heterocycles. The maximum atomic E-state index is 13.2. The molecule has 2 unspecified atom stereocenters. The zero-order valence-electron chi connectivity index (χ0n) is 16.5. The first-order valence-electron chi connectivity index (χ1n) is 9.53. The Morgan fingerprint density at radius 3 is 2.03 bits per heavy atom. The average Bonchev–Trinajstić information content (AvgIpc) is 2.76. The quantitative estimate of drug-likeness (QED) is 0.707. The molecule has 0 saturated heterocycles. The third-order valence-electron chi connectivity index (χ3n) is 5.19. The van der Waals surface area contributed by atoms with Crippen molar-refractivity contribution in [3.63, 3.8) is 0 Å². The molecule has 0 aliphatic heterocycles. The van der Waals surface area contributed by atoms with Crippen LogP contribution in [0.1, 0.15) is 5.56 Å². The summed E-state index contributed by atoms with van der Waals surface area (Å²) < 4.78 is 56.1. The lowest BCUT2D eigenvalue weighted by atomic mass is 9.78. The summed E-state index contributed by atoms with van der Waals surface area (Å²) in [4.78, 5) is 12.6. The Bertz CT molecular complexity index is 1370. The molecule has 0 spiro atoms. The number of fused-ring (bicyclic) bond motifs is 1. The number of hydrogen-bond acceptors (Lipinski definition) is 5. The Morgan fingerprint density at radius 2 is 1.39 bits per heavy atom. The van der Waals surface area contributed by atoms with Crippen LogP contribution in [0.25, 0.3) is 0 Å². The van der Waals surface area contributed by atoms with Crippen LogP contribution in [0.15, 0.2) is 104 Å². The van der Waals surface area contributed by atoms with Gasteiger partial charge in [-0.15, -0.1) is 0 Å². The molecule has 2 aromatic carbocycles. The summed E-state index contributed by atoms with van der Waals surface area (Å²) in [6, 6.07) is 13.8. The molecule has 0 radical (unpaired) electrons. The molecule has 2 aliphatic rings. The van der Waals surface area contributed by atoms with Crippen LogP contribution in [0.2, 0.25) is 0 Å². The number of carbonyl (C=O) groups excluding carboxylic acids is 1. The molecule has 4 rings (SSSR count). The van der Waals surface area contributed by atoms with Crippen molar-refractivity contribution in [2.75, 3.05) is 0 Å². The Morgan fingerprint density at radius 1 is 0.774 bits per heavy atom. The fraction of sp³-hybridized carbons (Fsp3) is 0.130. The van der Waals surface area contributed by atoms with E-state index in [4.69, 9.17) is 0 Å². The predicted molar refractivity (Wildman–Crippen MR) is 118 cm³/mol. The van der Waals surface area contributed by atoms with E-state index in [0.717, 1.165) is 11.6 Å². The molecule has 0 bridgehead atoms. The SMILES string of the molecule is Cc1ccc(S(=O)(=O)/N=C2/C=C(S(=O)(=O)c3ccccc3)C(=O)C3C=CC=CC23)cc1. The molecule has 6 nitrogen and oxygen atoms in total. The van der Waals surface area contributed by atoms with Gasteiger partial charge in [-0.3, -0.25) is 4.79 Å². The molecule has 158 valence electrons. The van der Waals surface area contributed by atoms with Gasteiger partial charge >= 0.3 is 0 Å². The minimum absolute atomic E-state index is 0.00440. The molecule has 0 aromatic heterocycles. The van der Waals surface area contributed by atoms with E-state index in [9.17, 15) is 21.6 Å². The highest BCUT2D eigenvalue weighted by Gasteiger charge is 2.41. The number of allylic oxidation sites excluding steroid dienone is 6. The van der Waals surface area contributed by atoms with Gasteiger partial charge in [0.25, 0.3) is 10.0 Å². The van der Waals surface area contributed by atoms with Crippen LogP contribution in [0.4, 0.5) is 0 Å².